The number of carbonyl (C=O) groups is 2. The Morgan fingerprint density at radius 3 is 2.48 bits per heavy atom. The van der Waals surface area contributed by atoms with Crippen LogP contribution in [0.3, 0.4) is 0 Å². The van der Waals surface area contributed by atoms with E-state index in [1.54, 1.807) is 0 Å². The normalized spacial score (nSPS) is 16.5. The summed E-state index contributed by atoms with van der Waals surface area (Å²) in [5.41, 5.74) is 6.06. The number of aryl methyl sites for hydroxylation is 4. The van der Waals surface area contributed by atoms with Crippen molar-refractivity contribution >= 4 is 49.8 Å². The van der Waals surface area contributed by atoms with E-state index >= 15 is 0 Å². The molecule has 1 unspecified atom stereocenters. The van der Waals surface area contributed by atoms with Gasteiger partial charge in [-0.2, -0.15) is 0 Å². The molecule has 0 aliphatic carbocycles. The summed E-state index contributed by atoms with van der Waals surface area (Å²) in [5.74, 6) is -1.11. The average Bonchev–Trinajstić information content (AvgIpc) is 3.66. The molecule has 1 atom stereocenters. The van der Waals surface area contributed by atoms with Gasteiger partial charge in [0.2, 0.25) is 0 Å². The van der Waals surface area contributed by atoms with Crippen molar-refractivity contribution in [1.82, 2.24) is 14.4 Å². The summed E-state index contributed by atoms with van der Waals surface area (Å²) < 4.78 is 8.76. The summed E-state index contributed by atoms with van der Waals surface area (Å²) in [6.07, 6.45) is 6.30. The quantitative estimate of drug-likeness (QED) is 0.0795. The highest BCUT2D eigenvalue weighted by Gasteiger charge is 2.48. The highest BCUT2D eigenvalue weighted by molar-refractivity contribution is 7.22. The largest absolute Gasteiger partial charge is 0.505 e. The van der Waals surface area contributed by atoms with Crippen molar-refractivity contribution in [2.24, 2.45) is 0 Å². The number of unbranched alkanes of at least 4 members (excludes halogenated alkanes) is 3. The van der Waals surface area contributed by atoms with Gasteiger partial charge in [0, 0.05) is 6.20 Å². The van der Waals surface area contributed by atoms with Gasteiger partial charge >= 0.3 is 5.91 Å². The maximum absolute atomic E-state index is 13.8. The molecule has 2 aromatic carbocycles. The molecule has 1 amide bonds. The Balaban J connectivity index is 1.47. The van der Waals surface area contributed by atoms with E-state index in [1.165, 1.54) is 22.7 Å². The number of rotatable bonds is 9. The number of thiazole rings is 1. The summed E-state index contributed by atoms with van der Waals surface area (Å²) in [7, 11) is 0. The monoisotopic (exact) mass is 608 g/mol. The molecule has 0 saturated carbocycles. The number of anilines is 1. The lowest BCUT2D eigenvalue weighted by Gasteiger charge is -2.23. The van der Waals surface area contributed by atoms with E-state index < -0.39 is 17.7 Å². The van der Waals surface area contributed by atoms with Crippen LogP contribution in [0.15, 0.2) is 60.3 Å². The molecule has 4 heterocycles. The maximum atomic E-state index is 13.8. The molecule has 5 aromatic rings. The van der Waals surface area contributed by atoms with Crippen LogP contribution in [0.2, 0.25) is 0 Å². The highest BCUT2D eigenvalue weighted by atomic mass is 32.1. The Labute approximate surface area is 260 Å². The first-order valence-electron chi connectivity index (χ1n) is 15.1. The smallest absolute Gasteiger partial charge is 0.301 e. The first kappa shape index (κ1) is 29.6. The van der Waals surface area contributed by atoms with Gasteiger partial charge in [-0.3, -0.25) is 14.5 Å². The van der Waals surface area contributed by atoms with E-state index in [-0.39, 0.29) is 17.0 Å². The zero-order valence-electron chi connectivity index (χ0n) is 25.7. The number of amides is 1. The minimum absolute atomic E-state index is 0.0143. The first-order chi connectivity index (χ1) is 21.2. The van der Waals surface area contributed by atoms with Crippen LogP contribution in [0.4, 0.5) is 5.13 Å². The van der Waals surface area contributed by atoms with Crippen molar-refractivity contribution < 1.29 is 19.4 Å². The third kappa shape index (κ3) is 5.15. The van der Waals surface area contributed by atoms with Crippen molar-refractivity contribution in [2.75, 3.05) is 11.5 Å². The van der Waals surface area contributed by atoms with E-state index in [9.17, 15) is 14.7 Å². The van der Waals surface area contributed by atoms with Crippen molar-refractivity contribution in [3.63, 3.8) is 0 Å². The molecule has 9 heteroatoms. The highest BCUT2D eigenvalue weighted by Crippen LogP contribution is 2.45. The molecule has 226 valence electrons. The van der Waals surface area contributed by atoms with E-state index in [0.29, 0.717) is 34.4 Å². The van der Waals surface area contributed by atoms with Crippen LogP contribution < -0.4 is 9.64 Å². The Bertz CT molecular complexity index is 1940. The van der Waals surface area contributed by atoms with E-state index in [4.69, 9.17) is 14.7 Å². The van der Waals surface area contributed by atoms with Crippen LogP contribution in [-0.4, -0.2) is 37.8 Å². The van der Waals surface area contributed by atoms with E-state index in [2.05, 4.69) is 6.92 Å². The van der Waals surface area contributed by atoms with Gasteiger partial charge in [0.15, 0.2) is 10.9 Å². The fourth-order valence-corrected chi connectivity index (χ4v) is 7.11. The summed E-state index contributed by atoms with van der Waals surface area (Å²) >= 11 is 1.36. The van der Waals surface area contributed by atoms with Gasteiger partial charge in [-0.1, -0.05) is 61.8 Å². The Hall–Kier alpha value is -4.50. The summed E-state index contributed by atoms with van der Waals surface area (Å²) in [6.45, 7) is 10.6. The molecule has 44 heavy (non-hydrogen) atoms. The zero-order chi connectivity index (χ0) is 31.1. The summed E-state index contributed by atoms with van der Waals surface area (Å²) in [5, 5.41) is 12.2. The van der Waals surface area contributed by atoms with Gasteiger partial charge in [-0.15, -0.1) is 0 Å². The van der Waals surface area contributed by atoms with Gasteiger partial charge in [0.05, 0.1) is 34.1 Å². The number of aliphatic hydroxyl groups is 1. The van der Waals surface area contributed by atoms with Crippen LogP contribution in [-0.2, 0) is 9.59 Å². The lowest BCUT2D eigenvalue weighted by Crippen LogP contribution is -2.29. The second kappa shape index (κ2) is 11.9. The number of ketones is 1. The molecule has 3 aromatic heterocycles. The molecule has 1 aliphatic heterocycles. The van der Waals surface area contributed by atoms with Crippen molar-refractivity contribution in [3.8, 4) is 5.75 Å². The molecule has 0 spiro atoms. The second-order valence-electron chi connectivity index (χ2n) is 11.5. The minimum Gasteiger partial charge on any atom is -0.505 e. The number of pyridine rings is 1. The molecule has 1 saturated heterocycles. The fraction of sp³-hybridized carbons (Fsp3) is 0.314. The predicted molar refractivity (Wildman–Crippen MR) is 175 cm³/mol. The van der Waals surface area contributed by atoms with Crippen LogP contribution in [0.1, 0.15) is 72.3 Å². The van der Waals surface area contributed by atoms with E-state index in [0.717, 1.165) is 46.2 Å². The Morgan fingerprint density at radius 1 is 0.977 bits per heavy atom. The molecule has 1 fully saturated rings. The molecule has 0 radical (unpaired) electrons. The lowest BCUT2D eigenvalue weighted by atomic mass is 9.96. The number of aromatic nitrogens is 3. The first-order valence-corrected chi connectivity index (χ1v) is 15.9. The second-order valence-corrected chi connectivity index (χ2v) is 12.5. The van der Waals surface area contributed by atoms with Crippen LogP contribution in [0, 0.1) is 27.7 Å². The summed E-state index contributed by atoms with van der Waals surface area (Å²) in [6, 6.07) is 14.4. The summed E-state index contributed by atoms with van der Waals surface area (Å²) in [4.78, 5) is 38.6. The Morgan fingerprint density at radius 2 is 1.75 bits per heavy atom. The molecule has 1 N–H and O–H groups in total. The third-order valence-electron chi connectivity index (χ3n) is 8.24. The number of hydrogen-bond donors (Lipinski definition) is 1. The average molecular weight is 609 g/mol. The molecule has 8 nitrogen and oxygen atoms in total. The molecular weight excluding hydrogens is 572 g/mol. The molecule has 1 aliphatic rings. The van der Waals surface area contributed by atoms with Gasteiger partial charge in [0.1, 0.15) is 17.1 Å². The predicted octanol–water partition coefficient (Wildman–Crippen LogP) is 7.76. The number of nitrogens with zero attached hydrogens (tertiary/aromatic N) is 4. The van der Waals surface area contributed by atoms with Gasteiger partial charge in [-0.25, -0.2) is 9.97 Å². The Kier molecular flexibility index (Phi) is 7.98. The van der Waals surface area contributed by atoms with Gasteiger partial charge < -0.3 is 14.2 Å². The number of hydrogen-bond acceptors (Lipinski definition) is 7. The number of benzene rings is 2. The van der Waals surface area contributed by atoms with Gasteiger partial charge in [0.25, 0.3) is 5.78 Å². The van der Waals surface area contributed by atoms with Crippen molar-refractivity contribution in [3.05, 3.63) is 93.9 Å². The lowest BCUT2D eigenvalue weighted by molar-refractivity contribution is -0.132. The SMILES string of the molecule is CCCCCCOc1ccc(C2/C(=C(\O)c3nc4c(C)cccn4c3C)C(=O)C(=O)N2c2nc3c(C)cc(C)cc3s2)cc1. The van der Waals surface area contributed by atoms with Crippen LogP contribution in [0.5, 0.6) is 5.75 Å². The molecule has 0 bridgehead atoms. The number of carbonyl (C=O) groups excluding carboxylic acids is 2. The standard InChI is InChI=1S/C35H36N4O4S/c1-6-7-8-9-17-43-25-14-12-24(13-15-25)30-27(31(40)29-23(5)38-16-10-11-21(3)33(38)36-29)32(41)34(42)39(30)35-37-28-22(4)18-20(2)19-26(28)44-35/h10-16,18-19,30,40H,6-9,17H2,1-5H3/b31-27+. The number of Topliss-reactive ketones (excluding diaryl/α,β-unsaturated/α-hetero) is 1. The van der Waals surface area contributed by atoms with Crippen molar-refractivity contribution in [1.29, 1.82) is 0 Å². The number of imidazole rings is 1. The van der Waals surface area contributed by atoms with Crippen LogP contribution in [0.25, 0.3) is 21.6 Å². The minimum atomic E-state index is -0.902. The third-order valence-corrected chi connectivity index (χ3v) is 9.24. The zero-order valence-corrected chi connectivity index (χ0v) is 26.5. The number of ether oxygens (including phenoxy) is 1. The van der Waals surface area contributed by atoms with Gasteiger partial charge in [-0.05, 0) is 80.6 Å². The molecular formula is C35H36N4O4S. The number of aliphatic hydroxyl groups excluding tert-OH is 1. The fourth-order valence-electron chi connectivity index (χ4n) is 5.95. The van der Waals surface area contributed by atoms with Crippen LogP contribution >= 0.6 is 11.3 Å². The maximum Gasteiger partial charge on any atom is 0.301 e. The van der Waals surface area contributed by atoms with Crippen molar-refractivity contribution in [2.45, 2.75) is 66.3 Å². The van der Waals surface area contributed by atoms with E-state index in [1.807, 2.05) is 86.8 Å². The molecule has 6 rings (SSSR count). The number of fused-ring (bicyclic) bond motifs is 2. The topological polar surface area (TPSA) is 97.0 Å².